The van der Waals surface area contributed by atoms with Gasteiger partial charge in [-0.3, -0.25) is 14.4 Å². The van der Waals surface area contributed by atoms with Crippen LogP contribution in [0.1, 0.15) is 94.9 Å². The molecule has 312 valence electrons. The average Bonchev–Trinajstić information content (AvgIpc) is 3.50. The summed E-state index contributed by atoms with van der Waals surface area (Å²) in [6.07, 6.45) is 5.46. The molecule has 0 radical (unpaired) electrons. The van der Waals surface area contributed by atoms with Gasteiger partial charge in [0.05, 0.1) is 30.7 Å². The third kappa shape index (κ3) is 8.52. The molecule has 0 aromatic rings. The molecule has 56 heavy (non-hydrogen) atoms. The van der Waals surface area contributed by atoms with Crippen molar-refractivity contribution in [3.8, 4) is 0 Å². The van der Waals surface area contributed by atoms with Crippen LogP contribution in [0, 0.1) is 29.6 Å². The molecule has 1 spiro atoms. The maximum atomic E-state index is 14.5. The monoisotopic (exact) mass is 784 g/mol. The first kappa shape index (κ1) is 44.0. The van der Waals surface area contributed by atoms with Crippen LogP contribution in [0.4, 0.5) is 0 Å². The van der Waals surface area contributed by atoms with Crippen molar-refractivity contribution in [1.29, 1.82) is 0 Å². The molecule has 0 aromatic carbocycles. The summed E-state index contributed by atoms with van der Waals surface area (Å²) in [7, 11) is 1.54. The highest BCUT2D eigenvalue weighted by Gasteiger charge is 2.62. The number of aliphatic hydroxyl groups excluding tert-OH is 1. The first-order valence-electron chi connectivity index (χ1n) is 20.3. The van der Waals surface area contributed by atoms with Gasteiger partial charge in [0.1, 0.15) is 48.1 Å². The summed E-state index contributed by atoms with van der Waals surface area (Å²) in [5.74, 6) is -5.80. The highest BCUT2D eigenvalue weighted by molar-refractivity contribution is 5.78. The van der Waals surface area contributed by atoms with Crippen LogP contribution in [0.3, 0.4) is 0 Å². The van der Waals surface area contributed by atoms with Gasteiger partial charge in [-0.05, 0) is 62.8 Å². The van der Waals surface area contributed by atoms with E-state index in [1.807, 2.05) is 73.6 Å². The first-order valence-corrected chi connectivity index (χ1v) is 20.3. The van der Waals surface area contributed by atoms with Crippen molar-refractivity contribution in [3.63, 3.8) is 0 Å². The molecule has 1 aliphatic carbocycles. The maximum Gasteiger partial charge on any atom is 0.316 e. The second-order valence-electron chi connectivity index (χ2n) is 16.9. The molecule has 14 atom stereocenters. The van der Waals surface area contributed by atoms with Crippen molar-refractivity contribution in [2.24, 2.45) is 29.6 Å². The summed E-state index contributed by atoms with van der Waals surface area (Å²) in [6, 6.07) is 0. The third-order valence-corrected chi connectivity index (χ3v) is 12.5. The molecule has 0 saturated carbocycles. The molecular formula is C44H64O12. The normalized spacial score (nSPS) is 39.9. The molecule has 0 amide bonds. The Bertz CT molecular complexity index is 1620. The van der Waals surface area contributed by atoms with Gasteiger partial charge in [0.2, 0.25) is 5.79 Å². The largest absolute Gasteiger partial charge is 0.462 e. The minimum Gasteiger partial charge on any atom is -0.462 e. The van der Waals surface area contributed by atoms with Gasteiger partial charge in [0.15, 0.2) is 0 Å². The number of allylic oxidation sites excluding steroid dienone is 3. The molecule has 14 unspecified atom stereocenters. The van der Waals surface area contributed by atoms with Crippen LogP contribution < -0.4 is 0 Å². The maximum absolute atomic E-state index is 14.5. The number of hydrogen-bond donors (Lipinski definition) is 2. The van der Waals surface area contributed by atoms with Crippen molar-refractivity contribution in [3.05, 3.63) is 58.7 Å². The fourth-order valence-electron chi connectivity index (χ4n) is 8.69. The number of carbonyl (C=O) groups excluding carboxylic acids is 3. The van der Waals surface area contributed by atoms with Crippen LogP contribution in [-0.4, -0.2) is 102 Å². The summed E-state index contributed by atoms with van der Waals surface area (Å²) >= 11 is 0. The van der Waals surface area contributed by atoms with Gasteiger partial charge in [-0.1, -0.05) is 78.0 Å². The van der Waals surface area contributed by atoms with E-state index in [0.29, 0.717) is 18.4 Å². The fourth-order valence-corrected chi connectivity index (χ4v) is 8.69. The zero-order valence-electron chi connectivity index (χ0n) is 35.0. The molecular weight excluding hydrogens is 720 g/mol. The fraction of sp³-hybridized carbons (Fsp3) is 0.705. The van der Waals surface area contributed by atoms with Crippen LogP contribution in [0.15, 0.2) is 58.7 Å². The molecule has 12 nitrogen and oxygen atoms in total. The average molecular weight is 785 g/mol. The van der Waals surface area contributed by atoms with Crippen LogP contribution in [0.25, 0.3) is 0 Å². The topological polar surface area (TPSA) is 156 Å². The zero-order chi connectivity index (χ0) is 41.3. The Morgan fingerprint density at radius 2 is 1.77 bits per heavy atom. The molecule has 2 N–H and O–H groups in total. The first-order chi connectivity index (χ1) is 26.4. The smallest absolute Gasteiger partial charge is 0.316 e. The number of aliphatic hydroxyl groups is 2. The molecule has 5 aliphatic rings. The Balaban J connectivity index is 1.64. The Labute approximate surface area is 332 Å². The highest BCUT2D eigenvalue weighted by Crippen LogP contribution is 2.49. The number of carbonyl (C=O) groups is 3. The van der Waals surface area contributed by atoms with Gasteiger partial charge >= 0.3 is 17.9 Å². The van der Waals surface area contributed by atoms with E-state index in [4.69, 9.17) is 33.2 Å². The summed E-state index contributed by atoms with van der Waals surface area (Å²) in [6.45, 7) is 18.6. The van der Waals surface area contributed by atoms with Crippen LogP contribution in [-0.2, 0) is 47.5 Å². The van der Waals surface area contributed by atoms with Crippen LogP contribution in [0.2, 0.25) is 0 Å². The molecule has 12 heteroatoms. The number of methoxy groups -OCH3 is 1. The van der Waals surface area contributed by atoms with E-state index < -0.39 is 89.9 Å². The predicted molar refractivity (Wildman–Crippen MR) is 208 cm³/mol. The Morgan fingerprint density at radius 1 is 1.05 bits per heavy atom. The van der Waals surface area contributed by atoms with E-state index in [9.17, 15) is 24.6 Å². The van der Waals surface area contributed by atoms with E-state index in [2.05, 4.69) is 0 Å². The summed E-state index contributed by atoms with van der Waals surface area (Å²) in [5, 5.41) is 24.8. The van der Waals surface area contributed by atoms with E-state index in [0.717, 1.165) is 16.7 Å². The number of esters is 3. The SMILES string of the molecule is CC=C(C)C1OC2(CC3CC(CC=C(C)C(OC(=O)C(C)CC)C(C)C=CC=C4COC5C(OC)C(C)=CC(C(=O)O3)C45O)O2)C(O)C(OC(=O)C(C)C)C1C. The summed E-state index contributed by atoms with van der Waals surface area (Å²) in [5.41, 5.74) is 1.04. The number of ether oxygens (including phenoxy) is 7. The van der Waals surface area contributed by atoms with Crippen molar-refractivity contribution < 1.29 is 57.8 Å². The van der Waals surface area contributed by atoms with Crippen LogP contribution >= 0.6 is 0 Å². The van der Waals surface area contributed by atoms with Crippen molar-refractivity contribution in [1.82, 2.24) is 0 Å². The third-order valence-electron chi connectivity index (χ3n) is 12.5. The van der Waals surface area contributed by atoms with E-state index in [-0.39, 0.29) is 37.3 Å². The van der Waals surface area contributed by atoms with Gasteiger partial charge < -0.3 is 43.4 Å². The molecule has 4 heterocycles. The van der Waals surface area contributed by atoms with Gasteiger partial charge in [-0.2, -0.15) is 0 Å². The molecule has 3 fully saturated rings. The molecule has 5 rings (SSSR count). The molecule has 4 aliphatic heterocycles. The van der Waals surface area contributed by atoms with Gasteiger partial charge in [0, 0.05) is 31.8 Å². The predicted octanol–water partition coefficient (Wildman–Crippen LogP) is 5.85. The Hall–Kier alpha value is -3.13. The molecule has 2 bridgehead atoms. The minimum absolute atomic E-state index is 0.0544. The summed E-state index contributed by atoms with van der Waals surface area (Å²) in [4.78, 5) is 40.7. The van der Waals surface area contributed by atoms with E-state index >= 15 is 0 Å². The zero-order valence-corrected chi connectivity index (χ0v) is 35.0. The number of rotatable bonds is 7. The van der Waals surface area contributed by atoms with Gasteiger partial charge in [-0.15, -0.1) is 0 Å². The number of fused-ring (bicyclic) bond motifs is 2. The lowest BCUT2D eigenvalue weighted by Crippen LogP contribution is -2.67. The Morgan fingerprint density at radius 3 is 2.41 bits per heavy atom. The van der Waals surface area contributed by atoms with Crippen molar-refractivity contribution >= 4 is 17.9 Å². The van der Waals surface area contributed by atoms with Crippen molar-refractivity contribution in [2.75, 3.05) is 13.7 Å². The molecule has 3 saturated heterocycles. The van der Waals surface area contributed by atoms with Crippen molar-refractivity contribution in [2.45, 2.75) is 155 Å². The van der Waals surface area contributed by atoms with E-state index in [1.54, 1.807) is 32.1 Å². The second kappa shape index (κ2) is 17.8. The number of hydrogen-bond acceptors (Lipinski definition) is 12. The van der Waals surface area contributed by atoms with Gasteiger partial charge in [-0.25, -0.2) is 0 Å². The summed E-state index contributed by atoms with van der Waals surface area (Å²) < 4.78 is 44.0. The van der Waals surface area contributed by atoms with E-state index in [1.165, 1.54) is 7.11 Å². The Kier molecular flexibility index (Phi) is 14.0. The standard InChI is InChI=1S/C44H64O12/c1-12-24(5)35-29(10)37(54-40(46)23(3)4)38(45)43(56-35)21-32-20-31(55-43)18-17-27(8)34(53-41(47)25(6)13-2)26(7)15-14-16-30-22-51-39-36(50-11)28(9)19-33(42(48)52-32)44(30,39)49/h12,14-17,19,23,25-26,29,31-39,45,49H,13,18,20-22H2,1-11H3. The lowest BCUT2D eigenvalue weighted by atomic mass is 9.70. The van der Waals surface area contributed by atoms with Gasteiger partial charge in [0.25, 0.3) is 0 Å². The lowest BCUT2D eigenvalue weighted by Gasteiger charge is -2.54. The highest BCUT2D eigenvalue weighted by atomic mass is 16.7. The second-order valence-corrected chi connectivity index (χ2v) is 16.9. The van der Waals surface area contributed by atoms with Crippen LogP contribution in [0.5, 0.6) is 0 Å². The molecule has 0 aromatic heterocycles. The minimum atomic E-state index is -1.80. The lowest BCUT2D eigenvalue weighted by molar-refractivity contribution is -0.380. The quantitative estimate of drug-likeness (QED) is 0.181.